The first-order valence-corrected chi connectivity index (χ1v) is 17.4. The van der Waals surface area contributed by atoms with E-state index in [9.17, 15) is 0 Å². The molecule has 0 amide bonds. The molecule has 0 fully saturated rings. The highest BCUT2D eigenvalue weighted by Gasteiger charge is 2.33. The van der Waals surface area contributed by atoms with Crippen LogP contribution in [-0.4, -0.2) is 14.1 Å². The Labute approximate surface area is 292 Å². The number of aromatic nitrogens is 3. The van der Waals surface area contributed by atoms with Gasteiger partial charge in [-0.2, -0.15) is 0 Å². The molecule has 12 rings (SSSR count). The quantitative estimate of drug-likeness (QED) is 0.179. The van der Waals surface area contributed by atoms with Crippen LogP contribution in [0.2, 0.25) is 0 Å². The third-order valence-corrected chi connectivity index (χ3v) is 10.9. The molecule has 0 N–H and O–H groups in total. The van der Waals surface area contributed by atoms with Crippen molar-refractivity contribution in [2.45, 2.75) is 0 Å². The molecule has 3 heterocycles. The molecule has 4 heteroatoms. The van der Waals surface area contributed by atoms with Gasteiger partial charge in [0.1, 0.15) is 5.69 Å². The van der Waals surface area contributed by atoms with E-state index in [1.54, 1.807) is 0 Å². The first-order chi connectivity index (χ1) is 25.3. The van der Waals surface area contributed by atoms with Gasteiger partial charge in [0.2, 0.25) is 5.89 Å². The molecule has 0 radical (unpaired) electrons. The fourth-order valence-corrected chi connectivity index (χ4v) is 8.78. The van der Waals surface area contributed by atoms with Crippen molar-refractivity contribution in [1.29, 1.82) is 0 Å². The summed E-state index contributed by atoms with van der Waals surface area (Å²) < 4.78 is 11.6. The summed E-state index contributed by atoms with van der Waals surface area (Å²) in [5.41, 5.74) is 11.1. The first kappa shape index (κ1) is 27.0. The molecule has 0 bridgehead atoms. The second-order valence-corrected chi connectivity index (χ2v) is 13.5. The first-order valence-electron chi connectivity index (χ1n) is 17.4. The van der Waals surface area contributed by atoms with Gasteiger partial charge in [-0.1, -0.05) is 115 Å². The third-order valence-electron chi connectivity index (χ3n) is 10.9. The van der Waals surface area contributed by atoms with E-state index < -0.39 is 0 Å². The van der Waals surface area contributed by atoms with Crippen molar-refractivity contribution in [1.82, 2.24) is 14.1 Å². The van der Waals surface area contributed by atoms with E-state index in [1.165, 1.54) is 54.1 Å². The van der Waals surface area contributed by atoms with Gasteiger partial charge in [-0.15, -0.1) is 0 Å². The third kappa shape index (κ3) is 3.50. The minimum atomic E-state index is 0.639. The zero-order valence-electron chi connectivity index (χ0n) is 27.3. The molecule has 1 aliphatic carbocycles. The minimum absolute atomic E-state index is 0.639. The number of oxazole rings is 1. The van der Waals surface area contributed by atoms with Gasteiger partial charge >= 0.3 is 0 Å². The molecule has 51 heavy (non-hydrogen) atoms. The Morgan fingerprint density at radius 3 is 1.73 bits per heavy atom. The van der Waals surface area contributed by atoms with E-state index in [4.69, 9.17) is 9.40 Å². The fourth-order valence-electron chi connectivity index (χ4n) is 8.78. The average molecular weight is 650 g/mol. The highest BCUT2D eigenvalue weighted by Crippen LogP contribution is 2.54. The van der Waals surface area contributed by atoms with Crippen molar-refractivity contribution >= 4 is 65.2 Å². The molecule has 3 aromatic heterocycles. The maximum absolute atomic E-state index is 6.69. The highest BCUT2D eigenvalue weighted by molar-refractivity contribution is 6.28. The van der Waals surface area contributed by atoms with Crippen LogP contribution >= 0.6 is 0 Å². The molecule has 0 saturated carbocycles. The normalized spacial score (nSPS) is 12.3. The van der Waals surface area contributed by atoms with Crippen LogP contribution in [0.15, 0.2) is 168 Å². The lowest BCUT2D eigenvalue weighted by molar-refractivity contribution is 0.590. The number of benzene rings is 8. The van der Waals surface area contributed by atoms with Crippen molar-refractivity contribution in [2.24, 2.45) is 0 Å². The standard InChI is InChI=1S/C47H27N3O/c1-3-14-28(15-4-1)47-48-44-43-42-33(22-13-23-35(42)46(44)51-47)30-18-7-8-21-34(30)45(43)50-39-25-12-10-20-32(39)37-26-40-36(27-41(37)50)31-19-9-11-24-38(31)49(40)29-16-5-2-6-17-29/h1-27H. The van der Waals surface area contributed by atoms with Crippen LogP contribution in [-0.2, 0) is 0 Å². The maximum Gasteiger partial charge on any atom is 0.227 e. The van der Waals surface area contributed by atoms with Crippen molar-refractivity contribution in [2.75, 3.05) is 0 Å². The lowest BCUT2D eigenvalue weighted by Crippen LogP contribution is -2.00. The lowest BCUT2D eigenvalue weighted by Gasteiger charge is -2.18. The van der Waals surface area contributed by atoms with E-state index in [1.807, 2.05) is 18.2 Å². The lowest BCUT2D eigenvalue weighted by atomic mass is 9.94. The Balaban J connectivity index is 1.27. The molecule has 4 nitrogen and oxygen atoms in total. The number of rotatable bonds is 3. The summed E-state index contributed by atoms with van der Waals surface area (Å²) in [7, 11) is 0. The van der Waals surface area contributed by atoms with E-state index in [0.717, 1.165) is 50.6 Å². The molecule has 0 atom stereocenters. The van der Waals surface area contributed by atoms with Gasteiger partial charge in [-0.05, 0) is 59.3 Å². The highest BCUT2D eigenvalue weighted by atomic mass is 16.4. The van der Waals surface area contributed by atoms with Crippen LogP contribution in [0.3, 0.4) is 0 Å². The van der Waals surface area contributed by atoms with Gasteiger partial charge in [0.25, 0.3) is 0 Å². The monoisotopic (exact) mass is 649 g/mol. The number of para-hydroxylation sites is 3. The molecule has 0 spiro atoms. The van der Waals surface area contributed by atoms with Gasteiger partial charge in [0.15, 0.2) is 5.76 Å². The molecule has 1 aliphatic rings. The zero-order chi connectivity index (χ0) is 33.2. The Morgan fingerprint density at radius 2 is 1.00 bits per heavy atom. The summed E-state index contributed by atoms with van der Waals surface area (Å²) in [5, 5.41) is 9.69. The second-order valence-electron chi connectivity index (χ2n) is 13.5. The molecule has 11 aromatic rings. The average Bonchev–Trinajstić information content (AvgIpc) is 3.94. The van der Waals surface area contributed by atoms with Gasteiger partial charge in [0.05, 0.1) is 27.8 Å². The van der Waals surface area contributed by atoms with Crippen molar-refractivity contribution < 1.29 is 4.42 Å². The molecular weight excluding hydrogens is 623 g/mol. The van der Waals surface area contributed by atoms with E-state index >= 15 is 0 Å². The fraction of sp³-hybridized carbons (Fsp3) is 0. The van der Waals surface area contributed by atoms with Crippen LogP contribution in [0.4, 0.5) is 0 Å². The molecular formula is C47H27N3O. The predicted octanol–water partition coefficient (Wildman–Crippen LogP) is 12.5. The molecule has 236 valence electrons. The van der Waals surface area contributed by atoms with E-state index in [-0.39, 0.29) is 0 Å². The smallest absolute Gasteiger partial charge is 0.227 e. The maximum atomic E-state index is 6.69. The Bertz CT molecular complexity index is 3240. The summed E-state index contributed by atoms with van der Waals surface area (Å²) in [5.74, 6) is 1.47. The van der Waals surface area contributed by atoms with Crippen molar-refractivity contribution in [3.05, 3.63) is 164 Å². The Hall–Kier alpha value is -6.91. The van der Waals surface area contributed by atoms with E-state index in [0.29, 0.717) is 5.89 Å². The number of hydrogen-bond donors (Lipinski definition) is 0. The van der Waals surface area contributed by atoms with Crippen LogP contribution in [0, 0.1) is 0 Å². The number of fused-ring (bicyclic) bond motifs is 11. The largest absolute Gasteiger partial charge is 0.435 e. The SMILES string of the molecule is c1ccc(-c2nc3c(o2)-c2cccc4c2c-3c(-n2c3ccccc3c3cc5c(cc32)c2ccccc2n5-c2ccccc2)c2ccccc24)cc1. The minimum Gasteiger partial charge on any atom is -0.435 e. The summed E-state index contributed by atoms with van der Waals surface area (Å²) in [4.78, 5) is 5.28. The number of nitrogens with zero attached hydrogens (tertiary/aromatic N) is 3. The molecule has 8 aromatic carbocycles. The Kier molecular flexibility index (Phi) is 5.20. The summed E-state index contributed by atoms with van der Waals surface area (Å²) in [6.07, 6.45) is 0. The predicted molar refractivity (Wildman–Crippen MR) is 210 cm³/mol. The summed E-state index contributed by atoms with van der Waals surface area (Å²) >= 11 is 0. The molecule has 0 unspecified atom stereocenters. The van der Waals surface area contributed by atoms with Crippen LogP contribution in [0.5, 0.6) is 0 Å². The molecule has 0 aliphatic heterocycles. The molecule has 0 saturated heterocycles. The second kappa shape index (κ2) is 9.84. The zero-order valence-corrected chi connectivity index (χ0v) is 27.3. The van der Waals surface area contributed by atoms with Crippen LogP contribution < -0.4 is 0 Å². The van der Waals surface area contributed by atoms with Gasteiger partial charge in [-0.25, -0.2) is 4.98 Å². The van der Waals surface area contributed by atoms with Gasteiger partial charge in [0, 0.05) is 54.7 Å². The van der Waals surface area contributed by atoms with Crippen LogP contribution in [0.25, 0.3) is 111 Å². The topological polar surface area (TPSA) is 35.9 Å². The van der Waals surface area contributed by atoms with Crippen molar-refractivity contribution in [3.63, 3.8) is 0 Å². The van der Waals surface area contributed by atoms with E-state index in [2.05, 4.69) is 155 Å². The summed E-state index contributed by atoms with van der Waals surface area (Å²) in [6.45, 7) is 0. The summed E-state index contributed by atoms with van der Waals surface area (Å²) in [6, 6.07) is 58.7. The number of hydrogen-bond acceptors (Lipinski definition) is 2. The van der Waals surface area contributed by atoms with Gasteiger partial charge in [-0.3, -0.25) is 0 Å². The van der Waals surface area contributed by atoms with Gasteiger partial charge < -0.3 is 13.6 Å². The van der Waals surface area contributed by atoms with Crippen LogP contribution in [0.1, 0.15) is 0 Å². The Morgan fingerprint density at radius 1 is 0.431 bits per heavy atom. The van der Waals surface area contributed by atoms with Crippen molar-refractivity contribution in [3.8, 4) is 45.4 Å².